The molecule has 0 aliphatic heterocycles. The molecule has 0 spiro atoms. The summed E-state index contributed by atoms with van der Waals surface area (Å²) in [5.74, 6) is 0.0812. The van der Waals surface area contributed by atoms with Crippen molar-refractivity contribution in [3.05, 3.63) is 11.1 Å². The summed E-state index contributed by atoms with van der Waals surface area (Å²) in [6.07, 6.45) is 2.50. The van der Waals surface area contributed by atoms with Crippen LogP contribution < -0.4 is 0 Å². The highest BCUT2D eigenvalue weighted by atomic mass is 32.2. The Kier molecular flexibility index (Phi) is 5.90. The van der Waals surface area contributed by atoms with Crippen molar-refractivity contribution < 1.29 is 9.90 Å². The van der Waals surface area contributed by atoms with Crippen LogP contribution >= 0.6 is 23.1 Å². The van der Waals surface area contributed by atoms with Crippen LogP contribution in [0.3, 0.4) is 0 Å². The Balaban J connectivity index is 2.24. The SMILES string of the molecule is N#CCCCCSc1nc(CC(=O)O)cs1. The van der Waals surface area contributed by atoms with E-state index in [0.29, 0.717) is 12.1 Å². The Bertz CT molecular complexity index is 384. The molecule has 16 heavy (non-hydrogen) atoms. The van der Waals surface area contributed by atoms with Gasteiger partial charge in [0.25, 0.3) is 0 Å². The molecule has 1 N–H and O–H groups in total. The predicted octanol–water partition coefficient (Wildman–Crippen LogP) is 2.56. The highest BCUT2D eigenvalue weighted by molar-refractivity contribution is 8.00. The third-order valence-corrected chi connectivity index (χ3v) is 3.93. The Morgan fingerprint density at radius 2 is 2.44 bits per heavy atom. The zero-order valence-corrected chi connectivity index (χ0v) is 10.3. The number of nitrogens with zero attached hydrogens (tertiary/aromatic N) is 2. The molecule has 0 aliphatic carbocycles. The van der Waals surface area contributed by atoms with E-state index in [-0.39, 0.29) is 6.42 Å². The fourth-order valence-corrected chi connectivity index (χ4v) is 2.97. The van der Waals surface area contributed by atoms with Crippen LogP contribution in [0, 0.1) is 11.3 Å². The number of hydrogen-bond acceptors (Lipinski definition) is 5. The molecule has 0 saturated heterocycles. The van der Waals surface area contributed by atoms with E-state index in [0.717, 1.165) is 22.9 Å². The largest absolute Gasteiger partial charge is 0.481 e. The van der Waals surface area contributed by atoms with Crippen LogP contribution in [-0.2, 0) is 11.2 Å². The van der Waals surface area contributed by atoms with E-state index in [1.54, 1.807) is 17.1 Å². The van der Waals surface area contributed by atoms with Gasteiger partial charge in [-0.1, -0.05) is 11.8 Å². The molecule has 6 heteroatoms. The van der Waals surface area contributed by atoms with E-state index in [4.69, 9.17) is 10.4 Å². The quantitative estimate of drug-likeness (QED) is 0.599. The summed E-state index contributed by atoms with van der Waals surface area (Å²) < 4.78 is 0.910. The molecule has 4 nitrogen and oxygen atoms in total. The van der Waals surface area contributed by atoms with Crippen LogP contribution in [0.15, 0.2) is 9.72 Å². The van der Waals surface area contributed by atoms with Crippen LogP contribution in [0.25, 0.3) is 0 Å². The molecule has 0 aromatic carbocycles. The van der Waals surface area contributed by atoms with Gasteiger partial charge in [-0.2, -0.15) is 5.26 Å². The van der Waals surface area contributed by atoms with Gasteiger partial charge in [-0.25, -0.2) is 4.98 Å². The summed E-state index contributed by atoms with van der Waals surface area (Å²) >= 11 is 3.10. The van der Waals surface area contributed by atoms with Gasteiger partial charge in [-0.05, 0) is 12.8 Å². The second-order valence-electron chi connectivity index (χ2n) is 3.14. The minimum Gasteiger partial charge on any atom is -0.481 e. The number of thioether (sulfide) groups is 1. The maximum atomic E-state index is 10.4. The molecule has 86 valence electrons. The van der Waals surface area contributed by atoms with Crippen LogP contribution in [0.5, 0.6) is 0 Å². The topological polar surface area (TPSA) is 74.0 Å². The highest BCUT2D eigenvalue weighted by Crippen LogP contribution is 2.23. The molecule has 0 radical (unpaired) electrons. The van der Waals surface area contributed by atoms with Crippen LogP contribution in [-0.4, -0.2) is 21.8 Å². The van der Waals surface area contributed by atoms with Crippen molar-refractivity contribution in [2.75, 3.05) is 5.75 Å². The van der Waals surface area contributed by atoms with Gasteiger partial charge in [0.1, 0.15) is 4.34 Å². The molecule has 1 heterocycles. The Hall–Kier alpha value is -1.06. The van der Waals surface area contributed by atoms with Gasteiger partial charge in [0.15, 0.2) is 0 Å². The molecule has 1 aromatic heterocycles. The predicted molar refractivity (Wildman–Crippen MR) is 63.6 cm³/mol. The average Bonchev–Trinajstić information content (AvgIpc) is 2.64. The third-order valence-electron chi connectivity index (χ3n) is 1.77. The molecule has 1 rings (SSSR count). The molecular weight excluding hydrogens is 244 g/mol. The van der Waals surface area contributed by atoms with Crippen molar-refractivity contribution in [1.82, 2.24) is 4.98 Å². The first kappa shape index (κ1) is 13.0. The fraction of sp³-hybridized carbons (Fsp3) is 0.500. The maximum absolute atomic E-state index is 10.4. The van der Waals surface area contributed by atoms with Crippen molar-refractivity contribution in [2.24, 2.45) is 0 Å². The number of nitriles is 1. The highest BCUT2D eigenvalue weighted by Gasteiger charge is 2.06. The monoisotopic (exact) mass is 256 g/mol. The average molecular weight is 256 g/mol. The second-order valence-corrected chi connectivity index (χ2v) is 5.34. The summed E-state index contributed by atoms with van der Waals surface area (Å²) in [6, 6.07) is 2.10. The number of hydrogen-bond donors (Lipinski definition) is 1. The number of aromatic nitrogens is 1. The molecule has 0 unspecified atom stereocenters. The van der Waals surface area contributed by atoms with E-state index in [1.165, 1.54) is 11.3 Å². The van der Waals surface area contributed by atoms with Gasteiger partial charge in [-0.15, -0.1) is 11.3 Å². The van der Waals surface area contributed by atoms with E-state index < -0.39 is 5.97 Å². The van der Waals surface area contributed by atoms with E-state index >= 15 is 0 Å². The number of carboxylic acid groups (broad SMARTS) is 1. The molecule has 0 atom stereocenters. The molecular formula is C10H12N2O2S2. The summed E-state index contributed by atoms with van der Waals surface area (Å²) in [5.41, 5.74) is 0.622. The fourth-order valence-electron chi connectivity index (χ4n) is 1.06. The molecule has 0 saturated carbocycles. The Labute approximate surface area is 102 Å². The number of carbonyl (C=O) groups is 1. The van der Waals surface area contributed by atoms with Crippen LogP contribution in [0.1, 0.15) is 25.0 Å². The van der Waals surface area contributed by atoms with Gasteiger partial charge >= 0.3 is 5.97 Å². The van der Waals surface area contributed by atoms with Crippen molar-refractivity contribution in [3.8, 4) is 6.07 Å². The first-order valence-electron chi connectivity index (χ1n) is 4.88. The number of rotatable bonds is 7. The van der Waals surface area contributed by atoms with Crippen molar-refractivity contribution in [2.45, 2.75) is 30.0 Å². The summed E-state index contributed by atoms with van der Waals surface area (Å²) in [4.78, 5) is 14.6. The standard InChI is InChI=1S/C10H12N2O2S2/c11-4-2-1-3-5-15-10-12-8(7-16-10)6-9(13)14/h7H,1-3,5-6H2,(H,13,14). The van der Waals surface area contributed by atoms with Crippen LogP contribution in [0.4, 0.5) is 0 Å². The van der Waals surface area contributed by atoms with Gasteiger partial charge in [-0.3, -0.25) is 4.79 Å². The minimum absolute atomic E-state index is 0.00844. The maximum Gasteiger partial charge on any atom is 0.309 e. The number of unbranched alkanes of at least 4 members (excludes halogenated alkanes) is 2. The summed E-state index contributed by atoms with van der Waals surface area (Å²) in [7, 11) is 0. The number of thiazole rings is 1. The lowest BCUT2D eigenvalue weighted by Crippen LogP contribution is -1.99. The lowest BCUT2D eigenvalue weighted by atomic mass is 10.3. The Morgan fingerprint density at radius 3 is 3.12 bits per heavy atom. The molecule has 0 bridgehead atoms. The third kappa shape index (κ3) is 5.14. The smallest absolute Gasteiger partial charge is 0.309 e. The summed E-state index contributed by atoms with van der Waals surface area (Å²) in [5, 5.41) is 18.7. The lowest BCUT2D eigenvalue weighted by molar-refractivity contribution is -0.136. The zero-order valence-electron chi connectivity index (χ0n) is 8.68. The molecule has 0 amide bonds. The Morgan fingerprint density at radius 1 is 1.62 bits per heavy atom. The van der Waals surface area contributed by atoms with Gasteiger partial charge in [0, 0.05) is 17.6 Å². The van der Waals surface area contributed by atoms with Gasteiger partial charge in [0.2, 0.25) is 0 Å². The van der Waals surface area contributed by atoms with Crippen molar-refractivity contribution >= 4 is 29.1 Å². The number of aliphatic carboxylic acids is 1. The summed E-state index contributed by atoms with van der Waals surface area (Å²) in [6.45, 7) is 0. The second kappa shape index (κ2) is 7.25. The minimum atomic E-state index is -0.851. The molecule has 0 aliphatic rings. The van der Waals surface area contributed by atoms with Gasteiger partial charge < -0.3 is 5.11 Å². The first-order valence-corrected chi connectivity index (χ1v) is 6.75. The van der Waals surface area contributed by atoms with Crippen molar-refractivity contribution in [1.29, 1.82) is 5.26 Å². The van der Waals surface area contributed by atoms with E-state index in [2.05, 4.69) is 11.1 Å². The molecule has 0 fully saturated rings. The normalized spacial score (nSPS) is 9.94. The van der Waals surface area contributed by atoms with Crippen molar-refractivity contribution in [3.63, 3.8) is 0 Å². The van der Waals surface area contributed by atoms with E-state index in [1.807, 2.05) is 0 Å². The molecule has 1 aromatic rings. The number of carboxylic acids is 1. The van der Waals surface area contributed by atoms with Crippen LogP contribution in [0.2, 0.25) is 0 Å². The lowest BCUT2D eigenvalue weighted by Gasteiger charge is -1.94. The first-order chi connectivity index (χ1) is 7.72. The van der Waals surface area contributed by atoms with E-state index in [9.17, 15) is 4.79 Å². The van der Waals surface area contributed by atoms with Gasteiger partial charge in [0.05, 0.1) is 18.2 Å². The zero-order chi connectivity index (χ0) is 11.8.